The highest BCUT2D eigenvalue weighted by molar-refractivity contribution is 6.00. The number of nitrogens with zero attached hydrogens (tertiary/aromatic N) is 3. The quantitative estimate of drug-likeness (QED) is 0.276. The fraction of sp³-hybridized carbons (Fsp3) is 0.214. The third-order valence-electron chi connectivity index (χ3n) is 6.09. The zero-order chi connectivity index (χ0) is 26.1. The molecular formula is C28H27FN6O2. The highest BCUT2D eigenvalue weighted by Gasteiger charge is 2.26. The van der Waals surface area contributed by atoms with E-state index in [2.05, 4.69) is 32.5 Å². The van der Waals surface area contributed by atoms with Gasteiger partial charge in [0.2, 0.25) is 11.9 Å². The van der Waals surface area contributed by atoms with Crippen LogP contribution in [0.15, 0.2) is 67.4 Å². The van der Waals surface area contributed by atoms with E-state index in [9.17, 15) is 14.0 Å². The molecule has 0 radical (unpaired) electrons. The molecule has 188 valence electrons. The van der Waals surface area contributed by atoms with Crippen LogP contribution in [0.1, 0.15) is 43.2 Å². The molecule has 1 aliphatic rings. The Kier molecular flexibility index (Phi) is 6.43. The van der Waals surface area contributed by atoms with Crippen LogP contribution in [0.25, 0.3) is 22.2 Å². The maximum Gasteiger partial charge on any atom is 0.268 e. The van der Waals surface area contributed by atoms with E-state index in [0.717, 1.165) is 29.9 Å². The highest BCUT2D eigenvalue weighted by atomic mass is 19.1. The number of carbonyl (C=O) groups excluding carboxylic acids is 2. The fourth-order valence-electron chi connectivity index (χ4n) is 4.21. The summed E-state index contributed by atoms with van der Waals surface area (Å²) in [5.41, 5.74) is 3.30. The second kappa shape index (κ2) is 9.85. The van der Waals surface area contributed by atoms with E-state index in [1.54, 1.807) is 30.3 Å². The van der Waals surface area contributed by atoms with Crippen LogP contribution in [0.5, 0.6) is 0 Å². The van der Waals surface area contributed by atoms with Crippen molar-refractivity contribution < 1.29 is 14.0 Å². The number of nitrogens with one attached hydrogen (secondary N) is 3. The lowest BCUT2D eigenvalue weighted by Crippen LogP contribution is -2.28. The summed E-state index contributed by atoms with van der Waals surface area (Å²) in [5, 5.41) is 9.70. The van der Waals surface area contributed by atoms with Crippen molar-refractivity contribution >= 4 is 40.0 Å². The molecule has 2 aromatic carbocycles. The lowest BCUT2D eigenvalue weighted by Gasteiger charge is -2.15. The van der Waals surface area contributed by atoms with Crippen molar-refractivity contribution in [3.63, 3.8) is 0 Å². The average Bonchev–Trinajstić information content (AvgIpc) is 3.60. The molecule has 1 saturated carbocycles. The predicted molar refractivity (Wildman–Crippen MR) is 142 cm³/mol. The molecule has 3 N–H and O–H groups in total. The van der Waals surface area contributed by atoms with E-state index in [1.165, 1.54) is 6.08 Å². The van der Waals surface area contributed by atoms with Gasteiger partial charge in [0.25, 0.3) is 5.91 Å². The average molecular weight is 499 g/mol. The van der Waals surface area contributed by atoms with Gasteiger partial charge in [-0.2, -0.15) is 0 Å². The molecule has 4 aromatic rings. The Morgan fingerprint density at radius 2 is 1.92 bits per heavy atom. The zero-order valence-corrected chi connectivity index (χ0v) is 20.6. The van der Waals surface area contributed by atoms with E-state index in [0.29, 0.717) is 22.6 Å². The van der Waals surface area contributed by atoms with Crippen molar-refractivity contribution in [2.45, 2.75) is 38.8 Å². The van der Waals surface area contributed by atoms with Crippen molar-refractivity contribution in [2.24, 2.45) is 0 Å². The van der Waals surface area contributed by atoms with Crippen molar-refractivity contribution in [3.8, 4) is 11.3 Å². The van der Waals surface area contributed by atoms with Gasteiger partial charge in [0, 0.05) is 39.9 Å². The number of amides is 2. The molecule has 0 saturated heterocycles. The highest BCUT2D eigenvalue weighted by Crippen LogP contribution is 2.31. The van der Waals surface area contributed by atoms with Crippen LogP contribution in [0, 0.1) is 5.82 Å². The maximum absolute atomic E-state index is 14.9. The van der Waals surface area contributed by atoms with Gasteiger partial charge in [-0.1, -0.05) is 24.8 Å². The third-order valence-corrected chi connectivity index (χ3v) is 6.09. The molecule has 0 atom stereocenters. The van der Waals surface area contributed by atoms with Crippen LogP contribution in [-0.4, -0.2) is 32.4 Å². The summed E-state index contributed by atoms with van der Waals surface area (Å²) >= 11 is 0. The Morgan fingerprint density at radius 1 is 1.14 bits per heavy atom. The molecule has 37 heavy (non-hydrogen) atoms. The molecule has 1 fully saturated rings. The number of carbonyl (C=O) groups is 2. The van der Waals surface area contributed by atoms with Crippen molar-refractivity contribution in [2.75, 3.05) is 10.6 Å². The third kappa shape index (κ3) is 5.20. The number of halogens is 1. The first-order valence-electron chi connectivity index (χ1n) is 12.1. The maximum atomic E-state index is 14.9. The van der Waals surface area contributed by atoms with E-state index < -0.39 is 5.82 Å². The number of rotatable bonds is 8. The number of anilines is 3. The van der Waals surface area contributed by atoms with Gasteiger partial charge >= 0.3 is 0 Å². The minimum atomic E-state index is -0.564. The first-order chi connectivity index (χ1) is 17.8. The lowest BCUT2D eigenvalue weighted by molar-refractivity contribution is -0.111. The van der Waals surface area contributed by atoms with Gasteiger partial charge in [-0.15, -0.1) is 0 Å². The summed E-state index contributed by atoms with van der Waals surface area (Å²) < 4.78 is 16.9. The van der Waals surface area contributed by atoms with Crippen LogP contribution in [-0.2, 0) is 4.79 Å². The van der Waals surface area contributed by atoms with Crippen LogP contribution in [0.3, 0.4) is 0 Å². The number of hydrogen-bond donors (Lipinski definition) is 3. The Hall–Kier alpha value is -4.53. The number of fused-ring (bicyclic) bond motifs is 1. The smallest absolute Gasteiger partial charge is 0.268 e. The second-order valence-electron chi connectivity index (χ2n) is 9.30. The molecule has 1 aliphatic carbocycles. The predicted octanol–water partition coefficient (Wildman–Crippen LogP) is 5.58. The Morgan fingerprint density at radius 3 is 2.65 bits per heavy atom. The zero-order valence-electron chi connectivity index (χ0n) is 20.6. The summed E-state index contributed by atoms with van der Waals surface area (Å²) in [6.45, 7) is 7.47. The topological polar surface area (TPSA) is 101 Å². The van der Waals surface area contributed by atoms with Gasteiger partial charge < -0.3 is 20.5 Å². The first kappa shape index (κ1) is 24.2. The Bertz CT molecular complexity index is 1520. The molecule has 2 aromatic heterocycles. The minimum absolute atomic E-state index is 0.0223. The van der Waals surface area contributed by atoms with Gasteiger partial charge in [0.15, 0.2) is 5.82 Å². The standard InChI is InChI=1S/C28H27FN6O2/c1-4-25(36)31-20-6-5-7-21(14-20)33-28-30-15-22(29)26(34-28)18-9-8-17-12-24(27(37)32-19-10-11-19)35(16(2)3)23(17)13-18/h4-9,12-16,19H,1,10-11H2,2-3H3,(H,31,36)(H,32,37)(H,30,33,34). The molecule has 0 spiro atoms. The fourth-order valence-corrected chi connectivity index (χ4v) is 4.21. The molecule has 9 heteroatoms. The van der Waals surface area contributed by atoms with E-state index in [4.69, 9.17) is 0 Å². The molecule has 2 amide bonds. The summed E-state index contributed by atoms with van der Waals surface area (Å²) in [5.74, 6) is -0.786. The van der Waals surface area contributed by atoms with Crippen LogP contribution < -0.4 is 16.0 Å². The molecule has 5 rings (SSSR count). The first-order valence-corrected chi connectivity index (χ1v) is 12.1. The van der Waals surface area contributed by atoms with Crippen molar-refractivity contribution in [1.29, 1.82) is 0 Å². The van der Waals surface area contributed by atoms with Crippen LogP contribution >= 0.6 is 0 Å². The molecule has 0 bridgehead atoms. The Balaban J connectivity index is 1.47. The SMILES string of the molecule is C=CC(=O)Nc1cccc(Nc2ncc(F)c(-c3ccc4cc(C(=O)NC5CC5)n(C(C)C)c4c3)n2)c1. The van der Waals surface area contributed by atoms with Crippen molar-refractivity contribution in [1.82, 2.24) is 19.9 Å². The van der Waals surface area contributed by atoms with Crippen LogP contribution in [0.4, 0.5) is 21.7 Å². The van der Waals surface area contributed by atoms with Gasteiger partial charge in [0.05, 0.1) is 6.20 Å². The number of benzene rings is 2. The van der Waals surface area contributed by atoms with Gasteiger partial charge in [0.1, 0.15) is 11.4 Å². The monoisotopic (exact) mass is 498 g/mol. The molecule has 0 aliphatic heterocycles. The summed E-state index contributed by atoms with van der Waals surface area (Å²) in [7, 11) is 0. The molecule has 0 unspecified atom stereocenters. The Labute approximate surface area is 213 Å². The van der Waals surface area contributed by atoms with Gasteiger partial charge in [-0.25, -0.2) is 14.4 Å². The van der Waals surface area contributed by atoms with Crippen molar-refractivity contribution in [3.05, 3.63) is 78.9 Å². The molecule has 8 nitrogen and oxygen atoms in total. The molecule has 2 heterocycles. The number of aromatic nitrogens is 3. The van der Waals surface area contributed by atoms with E-state index in [-0.39, 0.29) is 35.5 Å². The summed E-state index contributed by atoms with van der Waals surface area (Å²) in [6, 6.07) is 14.7. The van der Waals surface area contributed by atoms with Gasteiger partial charge in [-0.05, 0) is 63.1 Å². The number of hydrogen-bond acceptors (Lipinski definition) is 5. The largest absolute Gasteiger partial charge is 0.348 e. The summed E-state index contributed by atoms with van der Waals surface area (Å²) in [6.07, 6.45) is 4.32. The van der Waals surface area contributed by atoms with E-state index in [1.807, 2.05) is 36.6 Å². The second-order valence-corrected chi connectivity index (χ2v) is 9.30. The lowest BCUT2D eigenvalue weighted by atomic mass is 10.1. The summed E-state index contributed by atoms with van der Waals surface area (Å²) in [4.78, 5) is 33.0. The van der Waals surface area contributed by atoms with E-state index >= 15 is 0 Å². The minimum Gasteiger partial charge on any atom is -0.348 e. The van der Waals surface area contributed by atoms with Gasteiger partial charge in [-0.3, -0.25) is 9.59 Å². The molecular weight excluding hydrogens is 471 g/mol. The normalized spacial score (nSPS) is 13.0. The van der Waals surface area contributed by atoms with Crippen LogP contribution in [0.2, 0.25) is 0 Å².